The zero-order valence-corrected chi connectivity index (χ0v) is 29.5. The maximum Gasteiger partial charge on any atom is 0.160 e. The van der Waals surface area contributed by atoms with Gasteiger partial charge in [-0.3, -0.25) is 0 Å². The summed E-state index contributed by atoms with van der Waals surface area (Å²) in [6, 6.07) is 63.3. The summed E-state index contributed by atoms with van der Waals surface area (Å²) >= 11 is 0. The predicted octanol–water partition coefficient (Wildman–Crippen LogP) is 12.2. The van der Waals surface area contributed by atoms with Gasteiger partial charge in [-0.05, 0) is 53.6 Å². The van der Waals surface area contributed by atoms with Crippen LogP contribution in [0.1, 0.15) is 0 Å². The Hall–Kier alpha value is -7.57. The quantitative estimate of drug-likeness (QED) is 0.164. The van der Waals surface area contributed by atoms with E-state index in [0.717, 1.165) is 66.7 Å². The van der Waals surface area contributed by atoms with E-state index in [2.05, 4.69) is 54.6 Å². The first-order valence-electron chi connectivity index (χ1n) is 18.2. The average Bonchev–Trinajstić information content (AvgIpc) is 3.65. The molecule has 258 valence electrons. The van der Waals surface area contributed by atoms with Gasteiger partial charge in [0, 0.05) is 33.0 Å². The zero-order chi connectivity index (χ0) is 36.6. The van der Waals surface area contributed by atoms with E-state index < -0.39 is 0 Å². The summed E-state index contributed by atoms with van der Waals surface area (Å²) in [5.41, 5.74) is 11.9. The molecule has 0 amide bonds. The smallest absolute Gasteiger partial charge is 0.160 e. The Kier molecular flexibility index (Phi) is 8.04. The van der Waals surface area contributed by atoms with E-state index in [0.29, 0.717) is 34.4 Å². The summed E-state index contributed by atoms with van der Waals surface area (Å²) in [5.74, 6) is 1.24. The Labute approximate surface area is 317 Å². The Morgan fingerprint density at radius 3 is 1.20 bits per heavy atom. The van der Waals surface area contributed by atoms with Crippen LogP contribution in [0, 0.1) is 0 Å². The van der Waals surface area contributed by atoms with Gasteiger partial charge in [0.1, 0.15) is 11.2 Å². The molecule has 55 heavy (non-hydrogen) atoms. The van der Waals surface area contributed by atoms with Gasteiger partial charge < -0.3 is 4.42 Å². The molecule has 0 N–H and O–H groups in total. The van der Waals surface area contributed by atoms with Crippen LogP contribution in [0.25, 0.3) is 101 Å². The Balaban J connectivity index is 1.23. The largest absolute Gasteiger partial charge is 0.456 e. The highest BCUT2D eigenvalue weighted by molar-refractivity contribution is 6.06. The summed E-state index contributed by atoms with van der Waals surface area (Å²) in [6.45, 7) is 0. The van der Waals surface area contributed by atoms with Crippen LogP contribution in [-0.2, 0) is 0 Å². The van der Waals surface area contributed by atoms with Crippen LogP contribution >= 0.6 is 0 Å². The normalized spacial score (nSPS) is 11.3. The minimum absolute atomic E-state index is 0.622. The molecule has 6 nitrogen and oxygen atoms in total. The summed E-state index contributed by atoms with van der Waals surface area (Å²) < 4.78 is 6.20. The Morgan fingerprint density at radius 1 is 0.255 bits per heavy atom. The van der Waals surface area contributed by atoms with E-state index >= 15 is 0 Å². The van der Waals surface area contributed by atoms with Crippen LogP contribution in [0.5, 0.6) is 0 Å². The van der Waals surface area contributed by atoms with Crippen LogP contribution in [-0.4, -0.2) is 24.9 Å². The van der Waals surface area contributed by atoms with Crippen molar-refractivity contribution in [1.82, 2.24) is 24.9 Å². The van der Waals surface area contributed by atoms with Crippen molar-refractivity contribution >= 4 is 21.9 Å². The molecule has 0 unspecified atom stereocenters. The van der Waals surface area contributed by atoms with Crippen LogP contribution in [0.4, 0.5) is 0 Å². The number of benzene rings is 6. The Bertz CT molecular complexity index is 2700. The second-order valence-electron chi connectivity index (χ2n) is 13.3. The molecule has 4 aromatic heterocycles. The van der Waals surface area contributed by atoms with Crippen molar-refractivity contribution in [3.8, 4) is 79.2 Å². The first kappa shape index (κ1) is 32.1. The van der Waals surface area contributed by atoms with Crippen molar-refractivity contribution in [2.24, 2.45) is 0 Å². The zero-order valence-electron chi connectivity index (χ0n) is 29.5. The molecule has 6 aromatic carbocycles. The van der Waals surface area contributed by atoms with Crippen LogP contribution in [0.15, 0.2) is 192 Å². The molecule has 0 saturated carbocycles. The Morgan fingerprint density at radius 2 is 0.673 bits per heavy atom. The second kappa shape index (κ2) is 13.8. The molecule has 4 heterocycles. The topological polar surface area (TPSA) is 77.6 Å². The highest BCUT2D eigenvalue weighted by Gasteiger charge is 2.18. The molecule has 0 aliphatic carbocycles. The number of furan rings is 1. The van der Waals surface area contributed by atoms with Crippen molar-refractivity contribution in [2.75, 3.05) is 0 Å². The number of rotatable bonds is 7. The van der Waals surface area contributed by atoms with E-state index in [1.807, 2.05) is 133 Å². The summed E-state index contributed by atoms with van der Waals surface area (Å²) in [5, 5.41) is 2.12. The van der Waals surface area contributed by atoms with Gasteiger partial charge in [0.05, 0.1) is 34.2 Å². The third kappa shape index (κ3) is 6.32. The lowest BCUT2D eigenvalue weighted by Crippen LogP contribution is -2.00. The molecule has 0 radical (unpaired) electrons. The van der Waals surface area contributed by atoms with E-state index in [9.17, 15) is 0 Å². The number of pyridine rings is 1. The molecule has 0 bridgehead atoms. The molecule has 0 aliphatic rings. The molecule has 6 heteroatoms. The lowest BCUT2D eigenvalue weighted by atomic mass is 9.99. The fourth-order valence-corrected chi connectivity index (χ4v) is 6.97. The molecular weight excluding hydrogens is 675 g/mol. The minimum atomic E-state index is 0.622. The fraction of sp³-hybridized carbons (Fsp3) is 0. The average molecular weight is 706 g/mol. The van der Waals surface area contributed by atoms with Gasteiger partial charge in [-0.25, -0.2) is 24.9 Å². The van der Waals surface area contributed by atoms with E-state index in [1.54, 1.807) is 0 Å². The molecule has 0 fully saturated rings. The van der Waals surface area contributed by atoms with Crippen molar-refractivity contribution in [3.63, 3.8) is 0 Å². The molecule has 10 aromatic rings. The van der Waals surface area contributed by atoms with Gasteiger partial charge in [0.2, 0.25) is 0 Å². The maximum atomic E-state index is 6.20. The third-order valence-electron chi connectivity index (χ3n) is 9.72. The highest BCUT2D eigenvalue weighted by atomic mass is 16.3. The maximum absolute atomic E-state index is 6.20. The number of nitrogens with zero attached hydrogens (tertiary/aromatic N) is 5. The van der Waals surface area contributed by atoms with Crippen LogP contribution in [0.2, 0.25) is 0 Å². The molecule has 0 aliphatic heterocycles. The first-order chi connectivity index (χ1) is 27.2. The van der Waals surface area contributed by atoms with Crippen molar-refractivity contribution in [1.29, 1.82) is 0 Å². The lowest BCUT2D eigenvalue weighted by Gasteiger charge is -2.13. The SMILES string of the molecule is c1ccc(-c2cc(-c3cc(-c4ccc5oc6ccccc6c5c4)cc(-c4cc(-c5ccccc5)nc(-c5ccccc5)n4)n3)nc(-c3ccccc3)n2)cc1. The third-order valence-corrected chi connectivity index (χ3v) is 9.72. The summed E-state index contributed by atoms with van der Waals surface area (Å²) in [6.07, 6.45) is 0. The number of hydrogen-bond donors (Lipinski definition) is 0. The first-order valence-corrected chi connectivity index (χ1v) is 18.2. The highest BCUT2D eigenvalue weighted by Crippen LogP contribution is 2.37. The van der Waals surface area contributed by atoms with E-state index in [-0.39, 0.29) is 0 Å². The minimum Gasteiger partial charge on any atom is -0.456 e. The number of para-hydroxylation sites is 1. The van der Waals surface area contributed by atoms with E-state index in [1.165, 1.54) is 0 Å². The van der Waals surface area contributed by atoms with Gasteiger partial charge in [-0.1, -0.05) is 146 Å². The van der Waals surface area contributed by atoms with Crippen LogP contribution < -0.4 is 0 Å². The lowest BCUT2D eigenvalue weighted by molar-refractivity contribution is 0.669. The van der Waals surface area contributed by atoms with Gasteiger partial charge in [-0.2, -0.15) is 0 Å². The van der Waals surface area contributed by atoms with Crippen molar-refractivity contribution < 1.29 is 4.42 Å². The molecular formula is C49H31N5O. The van der Waals surface area contributed by atoms with Gasteiger partial charge in [0.15, 0.2) is 11.6 Å². The van der Waals surface area contributed by atoms with Gasteiger partial charge in [0.25, 0.3) is 0 Å². The molecule has 0 saturated heterocycles. The molecule has 0 spiro atoms. The standard InChI is InChI=1S/C49H31N5O/c1-5-15-32(16-6-1)40-30-44(53-48(51-40)34-19-9-3-10-20-34)42-28-37(36-25-26-47-39(27-36)38-23-13-14-24-46(38)55-47)29-43(50-42)45-31-41(33-17-7-2-8-18-33)52-49(54-45)35-21-11-4-12-22-35/h1-31H. The fourth-order valence-electron chi connectivity index (χ4n) is 6.97. The molecule has 0 atom stereocenters. The summed E-state index contributed by atoms with van der Waals surface area (Å²) in [7, 11) is 0. The number of hydrogen-bond acceptors (Lipinski definition) is 6. The van der Waals surface area contributed by atoms with Crippen molar-refractivity contribution in [2.45, 2.75) is 0 Å². The summed E-state index contributed by atoms with van der Waals surface area (Å²) in [4.78, 5) is 25.7. The molecule has 10 rings (SSSR count). The second-order valence-corrected chi connectivity index (χ2v) is 13.3. The van der Waals surface area contributed by atoms with Gasteiger partial charge in [-0.15, -0.1) is 0 Å². The monoisotopic (exact) mass is 705 g/mol. The van der Waals surface area contributed by atoms with E-state index in [4.69, 9.17) is 29.3 Å². The van der Waals surface area contributed by atoms with Crippen molar-refractivity contribution in [3.05, 3.63) is 188 Å². The number of fused-ring (bicyclic) bond motifs is 3. The number of aromatic nitrogens is 5. The predicted molar refractivity (Wildman–Crippen MR) is 221 cm³/mol. The van der Waals surface area contributed by atoms with Gasteiger partial charge >= 0.3 is 0 Å². The van der Waals surface area contributed by atoms with Crippen LogP contribution in [0.3, 0.4) is 0 Å².